The van der Waals surface area contributed by atoms with Crippen molar-refractivity contribution in [1.29, 1.82) is 0 Å². The van der Waals surface area contributed by atoms with Crippen LogP contribution in [0.3, 0.4) is 0 Å². The van der Waals surface area contributed by atoms with Crippen LogP contribution in [0, 0.1) is 14.1 Å². The number of nitrogens with zero attached hydrogens (tertiary/aromatic N) is 3. The fourth-order valence-corrected chi connectivity index (χ4v) is 5.29. The zero-order valence-electron chi connectivity index (χ0n) is 17.2. The third-order valence-electron chi connectivity index (χ3n) is 4.71. The number of hydrogen-bond donors (Lipinski definition) is 1. The number of amides is 1. The monoisotopic (exact) mass is 494 g/mol. The SMILES string of the molecule is O=C(NCc1ccc([N+](=O)[O-])cc1)c1ccc(-n2nc(SCc3ccccc3)sc2=S)cc1. The first kappa shape index (κ1) is 22.8. The molecule has 4 aromatic rings. The molecule has 166 valence electrons. The van der Waals surface area contributed by atoms with E-state index < -0.39 is 4.92 Å². The van der Waals surface area contributed by atoms with Crippen molar-refractivity contribution in [3.63, 3.8) is 0 Å². The highest BCUT2D eigenvalue weighted by molar-refractivity contribution is 8.00. The van der Waals surface area contributed by atoms with E-state index in [9.17, 15) is 14.9 Å². The van der Waals surface area contributed by atoms with Crippen LogP contribution in [0.5, 0.6) is 0 Å². The summed E-state index contributed by atoms with van der Waals surface area (Å²) in [6.07, 6.45) is 0. The highest BCUT2D eigenvalue weighted by Gasteiger charge is 2.10. The van der Waals surface area contributed by atoms with Gasteiger partial charge in [-0.25, -0.2) is 4.68 Å². The molecule has 1 heterocycles. The second-order valence-corrected chi connectivity index (χ2v) is 9.82. The Morgan fingerprint density at radius 2 is 1.73 bits per heavy atom. The lowest BCUT2D eigenvalue weighted by Gasteiger charge is -2.07. The summed E-state index contributed by atoms with van der Waals surface area (Å²) in [7, 11) is 0. The van der Waals surface area contributed by atoms with Gasteiger partial charge in [0.15, 0.2) is 8.29 Å². The molecule has 0 spiro atoms. The molecule has 10 heteroatoms. The molecule has 0 saturated heterocycles. The lowest BCUT2D eigenvalue weighted by atomic mass is 10.1. The van der Waals surface area contributed by atoms with Crippen molar-refractivity contribution in [3.8, 4) is 5.69 Å². The Morgan fingerprint density at radius 1 is 1.03 bits per heavy atom. The van der Waals surface area contributed by atoms with Crippen LogP contribution in [-0.2, 0) is 12.3 Å². The number of non-ortho nitro benzene ring substituents is 1. The molecular formula is C23H18N4O3S3. The van der Waals surface area contributed by atoms with Gasteiger partial charge in [0.05, 0.1) is 10.6 Å². The summed E-state index contributed by atoms with van der Waals surface area (Å²) >= 11 is 8.57. The number of carbonyl (C=O) groups is 1. The highest BCUT2D eigenvalue weighted by atomic mass is 32.2. The topological polar surface area (TPSA) is 90.1 Å². The summed E-state index contributed by atoms with van der Waals surface area (Å²) in [6.45, 7) is 0.276. The summed E-state index contributed by atoms with van der Waals surface area (Å²) in [6, 6.07) is 23.3. The maximum absolute atomic E-state index is 12.5. The summed E-state index contributed by atoms with van der Waals surface area (Å²) in [4.78, 5) is 22.7. The molecule has 0 radical (unpaired) electrons. The second-order valence-electron chi connectivity index (χ2n) is 6.97. The lowest BCUT2D eigenvalue weighted by Crippen LogP contribution is -2.22. The number of thioether (sulfide) groups is 1. The van der Waals surface area contributed by atoms with Crippen LogP contribution in [-0.4, -0.2) is 20.6 Å². The number of hydrogen-bond acceptors (Lipinski definition) is 7. The molecule has 0 saturated carbocycles. The normalized spacial score (nSPS) is 10.7. The van der Waals surface area contributed by atoms with Gasteiger partial charge in [-0.1, -0.05) is 65.6 Å². The van der Waals surface area contributed by atoms with Crippen LogP contribution < -0.4 is 5.32 Å². The average molecular weight is 495 g/mol. The van der Waals surface area contributed by atoms with Crippen LogP contribution in [0.4, 0.5) is 5.69 Å². The third-order valence-corrected chi connectivity index (χ3v) is 7.15. The van der Waals surface area contributed by atoms with Crippen molar-refractivity contribution in [2.24, 2.45) is 0 Å². The van der Waals surface area contributed by atoms with Crippen molar-refractivity contribution in [2.45, 2.75) is 16.6 Å². The van der Waals surface area contributed by atoms with Gasteiger partial charge in [0.25, 0.3) is 11.6 Å². The number of carbonyl (C=O) groups excluding carboxylic acids is 1. The summed E-state index contributed by atoms with van der Waals surface area (Å²) in [5.74, 6) is 0.581. The van der Waals surface area contributed by atoms with Crippen molar-refractivity contribution in [1.82, 2.24) is 15.1 Å². The van der Waals surface area contributed by atoms with E-state index in [0.717, 1.165) is 21.3 Å². The minimum Gasteiger partial charge on any atom is -0.348 e. The molecule has 0 aliphatic rings. The molecule has 0 bridgehead atoms. The Labute approximate surface area is 203 Å². The van der Waals surface area contributed by atoms with Crippen molar-refractivity contribution >= 4 is 46.9 Å². The quantitative estimate of drug-likeness (QED) is 0.144. The number of aromatic nitrogens is 2. The molecule has 1 amide bonds. The minimum absolute atomic E-state index is 0.0166. The second kappa shape index (κ2) is 10.5. The fraction of sp³-hybridized carbons (Fsp3) is 0.0870. The number of benzene rings is 3. The van der Waals surface area contributed by atoms with E-state index in [2.05, 4.69) is 22.5 Å². The predicted molar refractivity (Wildman–Crippen MR) is 133 cm³/mol. The highest BCUT2D eigenvalue weighted by Crippen LogP contribution is 2.27. The van der Waals surface area contributed by atoms with E-state index >= 15 is 0 Å². The largest absolute Gasteiger partial charge is 0.348 e. The Bertz CT molecular complexity index is 1320. The fourth-order valence-electron chi connectivity index (χ4n) is 2.98. The van der Waals surface area contributed by atoms with Gasteiger partial charge in [0.1, 0.15) is 0 Å². The van der Waals surface area contributed by atoms with E-state index in [-0.39, 0.29) is 18.1 Å². The summed E-state index contributed by atoms with van der Waals surface area (Å²) in [5.41, 5.74) is 3.30. The Balaban J connectivity index is 1.37. The van der Waals surface area contributed by atoms with Crippen LogP contribution in [0.15, 0.2) is 83.2 Å². The maximum atomic E-state index is 12.5. The van der Waals surface area contributed by atoms with Gasteiger partial charge >= 0.3 is 0 Å². The lowest BCUT2D eigenvalue weighted by molar-refractivity contribution is -0.384. The average Bonchev–Trinajstić information content (AvgIpc) is 3.22. The van der Waals surface area contributed by atoms with Gasteiger partial charge in [-0.2, -0.15) is 0 Å². The standard InChI is InChI=1S/C23H18N4O3S3/c28-21(24-14-16-6-10-20(11-7-16)27(29)30)18-8-12-19(13-9-18)26-23(31)33-22(25-26)32-15-17-4-2-1-3-5-17/h1-13H,14-15H2,(H,24,28). The van der Waals surface area contributed by atoms with Gasteiger partial charge in [-0.05, 0) is 47.6 Å². The van der Waals surface area contributed by atoms with Gasteiger partial charge < -0.3 is 5.32 Å². The summed E-state index contributed by atoms with van der Waals surface area (Å²) in [5, 5.41) is 18.2. The molecule has 3 aromatic carbocycles. The first-order valence-electron chi connectivity index (χ1n) is 9.88. The molecule has 33 heavy (non-hydrogen) atoms. The molecule has 0 unspecified atom stereocenters. The smallest absolute Gasteiger partial charge is 0.269 e. The van der Waals surface area contributed by atoms with Crippen LogP contribution in [0.25, 0.3) is 5.69 Å². The maximum Gasteiger partial charge on any atom is 0.269 e. The van der Waals surface area contributed by atoms with Gasteiger partial charge in [0.2, 0.25) is 0 Å². The van der Waals surface area contributed by atoms with E-state index in [1.165, 1.54) is 29.0 Å². The van der Waals surface area contributed by atoms with E-state index in [1.54, 1.807) is 40.7 Å². The molecule has 4 rings (SSSR count). The zero-order valence-corrected chi connectivity index (χ0v) is 19.7. The van der Waals surface area contributed by atoms with Crippen molar-refractivity contribution < 1.29 is 9.72 Å². The van der Waals surface area contributed by atoms with E-state index in [1.807, 2.05) is 30.3 Å². The van der Waals surface area contributed by atoms with Gasteiger partial charge in [-0.15, -0.1) is 5.10 Å². The predicted octanol–water partition coefficient (Wildman–Crippen LogP) is 5.79. The van der Waals surface area contributed by atoms with Crippen molar-refractivity contribution in [2.75, 3.05) is 0 Å². The van der Waals surface area contributed by atoms with E-state index in [4.69, 9.17) is 12.2 Å². The third kappa shape index (κ3) is 5.92. The molecule has 0 atom stereocenters. The van der Waals surface area contributed by atoms with Gasteiger partial charge in [0, 0.05) is 30.0 Å². The summed E-state index contributed by atoms with van der Waals surface area (Å²) < 4.78 is 3.22. The molecule has 1 N–H and O–H groups in total. The van der Waals surface area contributed by atoms with Gasteiger partial charge in [-0.3, -0.25) is 14.9 Å². The van der Waals surface area contributed by atoms with Crippen molar-refractivity contribution in [3.05, 3.63) is 110 Å². The number of nitro groups is 1. The zero-order chi connectivity index (χ0) is 23.2. The first-order valence-corrected chi connectivity index (χ1v) is 12.1. The molecule has 0 fully saturated rings. The van der Waals surface area contributed by atoms with Crippen LogP contribution >= 0.6 is 35.3 Å². The number of nitrogens with one attached hydrogen (secondary N) is 1. The minimum atomic E-state index is -0.455. The molecule has 1 aromatic heterocycles. The van der Waals surface area contributed by atoms with E-state index in [0.29, 0.717) is 9.52 Å². The van der Waals surface area contributed by atoms with Crippen LogP contribution in [0.2, 0.25) is 0 Å². The first-order chi connectivity index (χ1) is 16.0. The number of rotatable bonds is 8. The van der Waals surface area contributed by atoms with Crippen LogP contribution in [0.1, 0.15) is 21.5 Å². The Hall–Kier alpha value is -3.34. The Kier molecular flexibility index (Phi) is 7.28. The number of nitro benzene ring substituents is 1. The molecule has 0 aliphatic heterocycles. The molecule has 0 aliphatic carbocycles. The molecule has 7 nitrogen and oxygen atoms in total. The molecular weight excluding hydrogens is 476 g/mol. The Morgan fingerprint density at radius 3 is 2.39 bits per heavy atom.